The standard InChI is InChI=1S/C12H20N4O3/c1-6(2)9(5-10(17)18)13-12(19)14-11-7(3)15-16-8(11)4/h6,9H,5H2,1-4H3,(H,15,16)(H,17,18)(H2,13,14,19). The molecule has 0 aromatic carbocycles. The normalized spacial score (nSPS) is 12.3. The summed E-state index contributed by atoms with van der Waals surface area (Å²) in [4.78, 5) is 22.6. The van der Waals surface area contributed by atoms with E-state index in [1.54, 1.807) is 13.8 Å². The first-order chi connectivity index (χ1) is 8.81. The molecule has 106 valence electrons. The summed E-state index contributed by atoms with van der Waals surface area (Å²) in [6, 6.07) is -0.836. The van der Waals surface area contributed by atoms with Crippen molar-refractivity contribution in [3.05, 3.63) is 11.4 Å². The van der Waals surface area contributed by atoms with Gasteiger partial charge in [-0.3, -0.25) is 9.89 Å². The summed E-state index contributed by atoms with van der Waals surface area (Å²) in [5.74, 6) is -0.900. The maximum absolute atomic E-state index is 11.9. The Morgan fingerprint density at radius 1 is 1.37 bits per heavy atom. The third-order valence-corrected chi connectivity index (χ3v) is 2.88. The Labute approximate surface area is 111 Å². The highest BCUT2D eigenvalue weighted by molar-refractivity contribution is 5.90. The number of hydrogen-bond acceptors (Lipinski definition) is 3. The summed E-state index contributed by atoms with van der Waals surface area (Å²) >= 11 is 0. The Balaban J connectivity index is 2.65. The summed E-state index contributed by atoms with van der Waals surface area (Å²) < 4.78 is 0. The number of H-pyrrole nitrogens is 1. The van der Waals surface area contributed by atoms with Crippen LogP contribution in [-0.4, -0.2) is 33.3 Å². The highest BCUT2D eigenvalue weighted by atomic mass is 16.4. The van der Waals surface area contributed by atoms with Crippen LogP contribution in [0.2, 0.25) is 0 Å². The van der Waals surface area contributed by atoms with Crippen LogP contribution in [0.5, 0.6) is 0 Å². The number of nitrogens with zero attached hydrogens (tertiary/aromatic N) is 1. The molecule has 0 radical (unpaired) electrons. The molecule has 0 spiro atoms. The van der Waals surface area contributed by atoms with Crippen LogP contribution in [0.4, 0.5) is 10.5 Å². The Hall–Kier alpha value is -2.05. The highest BCUT2D eigenvalue weighted by Crippen LogP contribution is 2.16. The van der Waals surface area contributed by atoms with Crippen LogP contribution in [-0.2, 0) is 4.79 Å². The van der Waals surface area contributed by atoms with E-state index in [1.165, 1.54) is 0 Å². The van der Waals surface area contributed by atoms with Gasteiger partial charge in [-0.05, 0) is 19.8 Å². The van der Waals surface area contributed by atoms with E-state index < -0.39 is 18.0 Å². The molecule has 7 heteroatoms. The predicted octanol–water partition coefficient (Wildman–Crippen LogP) is 1.65. The first-order valence-electron chi connectivity index (χ1n) is 6.12. The van der Waals surface area contributed by atoms with Gasteiger partial charge in [0.15, 0.2) is 0 Å². The number of carboxylic acids is 1. The fourth-order valence-corrected chi connectivity index (χ4v) is 1.69. The number of carboxylic acid groups (broad SMARTS) is 1. The molecule has 1 heterocycles. The fourth-order valence-electron chi connectivity index (χ4n) is 1.69. The largest absolute Gasteiger partial charge is 0.481 e. The number of carbonyl (C=O) groups is 2. The molecular weight excluding hydrogens is 248 g/mol. The van der Waals surface area contributed by atoms with E-state index in [9.17, 15) is 9.59 Å². The molecule has 1 rings (SSSR count). The van der Waals surface area contributed by atoms with Gasteiger partial charge in [-0.25, -0.2) is 4.79 Å². The van der Waals surface area contributed by atoms with Gasteiger partial charge in [-0.15, -0.1) is 0 Å². The third kappa shape index (κ3) is 4.27. The van der Waals surface area contributed by atoms with Gasteiger partial charge in [0.2, 0.25) is 0 Å². The monoisotopic (exact) mass is 268 g/mol. The first-order valence-corrected chi connectivity index (χ1v) is 6.12. The van der Waals surface area contributed by atoms with Gasteiger partial charge in [0, 0.05) is 6.04 Å². The molecule has 4 N–H and O–H groups in total. The number of aliphatic carboxylic acids is 1. The van der Waals surface area contributed by atoms with Crippen LogP contribution in [0.25, 0.3) is 0 Å². The minimum atomic E-state index is -0.935. The number of anilines is 1. The summed E-state index contributed by atoms with van der Waals surface area (Å²) in [6.45, 7) is 7.30. The molecule has 0 saturated carbocycles. The maximum Gasteiger partial charge on any atom is 0.319 e. The predicted molar refractivity (Wildman–Crippen MR) is 71.1 cm³/mol. The van der Waals surface area contributed by atoms with Crippen molar-refractivity contribution >= 4 is 17.7 Å². The first kappa shape index (κ1) is 15.0. The molecule has 0 fully saturated rings. The molecule has 19 heavy (non-hydrogen) atoms. The zero-order chi connectivity index (χ0) is 14.6. The second-order valence-corrected chi connectivity index (χ2v) is 4.86. The van der Waals surface area contributed by atoms with Crippen molar-refractivity contribution in [2.24, 2.45) is 5.92 Å². The van der Waals surface area contributed by atoms with Crippen LogP contribution in [0.1, 0.15) is 31.7 Å². The van der Waals surface area contributed by atoms with E-state index in [0.717, 1.165) is 5.69 Å². The Bertz CT molecular complexity index is 448. The zero-order valence-corrected chi connectivity index (χ0v) is 11.6. The van der Waals surface area contributed by atoms with Crippen molar-refractivity contribution in [3.8, 4) is 0 Å². The van der Waals surface area contributed by atoms with E-state index in [0.29, 0.717) is 11.4 Å². The number of urea groups is 1. The topological polar surface area (TPSA) is 107 Å². The molecule has 1 atom stereocenters. The van der Waals surface area contributed by atoms with E-state index in [1.807, 2.05) is 13.8 Å². The van der Waals surface area contributed by atoms with Crippen LogP contribution in [0.15, 0.2) is 0 Å². The lowest BCUT2D eigenvalue weighted by molar-refractivity contribution is -0.137. The average Bonchev–Trinajstić information content (AvgIpc) is 2.59. The van der Waals surface area contributed by atoms with E-state index in [4.69, 9.17) is 5.11 Å². The Morgan fingerprint density at radius 3 is 2.42 bits per heavy atom. The average molecular weight is 268 g/mol. The molecule has 7 nitrogen and oxygen atoms in total. The maximum atomic E-state index is 11.9. The zero-order valence-electron chi connectivity index (χ0n) is 11.6. The van der Waals surface area contributed by atoms with Crippen LogP contribution in [0, 0.1) is 19.8 Å². The number of hydrogen-bond donors (Lipinski definition) is 4. The summed E-state index contributed by atoms with van der Waals surface area (Å²) in [5.41, 5.74) is 2.06. The molecule has 0 aliphatic heterocycles. The third-order valence-electron chi connectivity index (χ3n) is 2.88. The minimum Gasteiger partial charge on any atom is -0.481 e. The van der Waals surface area contributed by atoms with Gasteiger partial charge in [-0.2, -0.15) is 5.10 Å². The molecule has 1 unspecified atom stereocenters. The Kier molecular flexibility index (Phi) is 4.91. The lowest BCUT2D eigenvalue weighted by Gasteiger charge is -2.20. The van der Waals surface area contributed by atoms with Gasteiger partial charge < -0.3 is 15.7 Å². The SMILES string of the molecule is Cc1n[nH]c(C)c1NC(=O)NC(CC(=O)O)C(C)C. The summed E-state index contributed by atoms with van der Waals surface area (Å²) in [5, 5.41) is 20.9. The minimum absolute atomic E-state index is 0.0355. The second-order valence-electron chi connectivity index (χ2n) is 4.86. The quantitative estimate of drug-likeness (QED) is 0.651. The smallest absolute Gasteiger partial charge is 0.319 e. The van der Waals surface area contributed by atoms with E-state index in [-0.39, 0.29) is 12.3 Å². The van der Waals surface area contributed by atoms with Gasteiger partial charge in [0.1, 0.15) is 0 Å². The number of aromatic amines is 1. The highest BCUT2D eigenvalue weighted by Gasteiger charge is 2.20. The van der Waals surface area contributed by atoms with Crippen molar-refractivity contribution in [2.45, 2.75) is 40.2 Å². The van der Waals surface area contributed by atoms with Gasteiger partial charge >= 0.3 is 12.0 Å². The molecule has 1 aromatic heterocycles. The fraction of sp³-hybridized carbons (Fsp3) is 0.583. The van der Waals surface area contributed by atoms with Crippen molar-refractivity contribution in [1.29, 1.82) is 0 Å². The number of nitrogens with one attached hydrogen (secondary N) is 3. The van der Waals surface area contributed by atoms with Crippen LogP contribution < -0.4 is 10.6 Å². The molecule has 2 amide bonds. The lowest BCUT2D eigenvalue weighted by Crippen LogP contribution is -2.42. The molecule has 0 aliphatic carbocycles. The number of aromatic nitrogens is 2. The summed E-state index contributed by atoms with van der Waals surface area (Å²) in [6.07, 6.45) is -0.103. The number of amides is 2. The lowest BCUT2D eigenvalue weighted by atomic mass is 10.0. The number of rotatable bonds is 5. The number of aryl methyl sites for hydroxylation is 2. The van der Waals surface area contributed by atoms with Crippen molar-refractivity contribution in [1.82, 2.24) is 15.5 Å². The van der Waals surface area contributed by atoms with Crippen LogP contribution >= 0.6 is 0 Å². The Morgan fingerprint density at radius 2 is 2.00 bits per heavy atom. The van der Waals surface area contributed by atoms with Crippen molar-refractivity contribution in [3.63, 3.8) is 0 Å². The molecule has 1 aromatic rings. The molecule has 0 bridgehead atoms. The summed E-state index contributed by atoms with van der Waals surface area (Å²) in [7, 11) is 0. The number of carbonyl (C=O) groups excluding carboxylic acids is 1. The van der Waals surface area contributed by atoms with Crippen molar-refractivity contribution < 1.29 is 14.7 Å². The van der Waals surface area contributed by atoms with Crippen LogP contribution in [0.3, 0.4) is 0 Å². The molecule has 0 aliphatic rings. The van der Waals surface area contributed by atoms with Crippen molar-refractivity contribution in [2.75, 3.05) is 5.32 Å². The van der Waals surface area contributed by atoms with Gasteiger partial charge in [0.25, 0.3) is 0 Å². The molecular formula is C12H20N4O3. The second kappa shape index (κ2) is 6.21. The van der Waals surface area contributed by atoms with E-state index >= 15 is 0 Å². The van der Waals surface area contributed by atoms with E-state index in [2.05, 4.69) is 20.8 Å². The van der Waals surface area contributed by atoms with Gasteiger partial charge in [-0.1, -0.05) is 13.8 Å². The molecule has 0 saturated heterocycles. The van der Waals surface area contributed by atoms with Gasteiger partial charge in [0.05, 0.1) is 23.5 Å².